The van der Waals surface area contributed by atoms with Crippen LogP contribution in [0.5, 0.6) is 0 Å². The van der Waals surface area contributed by atoms with Crippen LogP contribution in [0.4, 0.5) is 0 Å². The van der Waals surface area contributed by atoms with Crippen LogP contribution in [0.25, 0.3) is 0 Å². The van der Waals surface area contributed by atoms with Crippen molar-refractivity contribution in [3.05, 3.63) is 35.4 Å². The molecule has 4 aliphatic carbocycles. The van der Waals surface area contributed by atoms with Gasteiger partial charge in [-0.25, -0.2) is 9.59 Å². The molecule has 4 fully saturated rings. The van der Waals surface area contributed by atoms with E-state index in [1.165, 1.54) is 0 Å². The molecule has 0 heterocycles. The van der Waals surface area contributed by atoms with E-state index in [2.05, 4.69) is 0 Å². The van der Waals surface area contributed by atoms with Crippen molar-refractivity contribution in [2.75, 3.05) is 0 Å². The minimum Gasteiger partial charge on any atom is -0.458 e. The van der Waals surface area contributed by atoms with Gasteiger partial charge in [0.05, 0.1) is 11.1 Å². The molecule has 8 N–H and O–H groups in total. The van der Waals surface area contributed by atoms with E-state index in [0.29, 0.717) is 46.9 Å². The summed E-state index contributed by atoms with van der Waals surface area (Å²) in [4.78, 5) is 27.2. The van der Waals surface area contributed by atoms with Crippen LogP contribution in [0.1, 0.15) is 149 Å². The highest BCUT2D eigenvalue weighted by Gasteiger charge is 2.33. The standard InChI is InChI=1S/C38H62N4O4/c39-31-14-4-25(5-15-31)8-22-35(27-10-18-33(41)19-11-27)45-37(43)29-2-1-3-30(24-29)38(44)46-36(28-12-20-34(42)21-13-28)23-9-26-6-16-32(40)17-7-26/h1-3,24-28,31-36H,4-23,39-42H2. The van der Waals surface area contributed by atoms with Gasteiger partial charge < -0.3 is 32.4 Å². The molecule has 258 valence electrons. The normalized spacial score (nSPS) is 33.5. The molecule has 4 saturated carbocycles. The molecule has 0 aliphatic heterocycles. The Bertz CT molecular complexity index is 1000. The molecule has 0 saturated heterocycles. The third-order valence-corrected chi connectivity index (χ3v) is 12.0. The Morgan fingerprint density at radius 2 is 0.870 bits per heavy atom. The summed E-state index contributed by atoms with van der Waals surface area (Å²) in [6.07, 6.45) is 20.4. The molecule has 46 heavy (non-hydrogen) atoms. The molecule has 5 rings (SSSR count). The Kier molecular flexibility index (Phi) is 13.4. The Morgan fingerprint density at radius 3 is 1.22 bits per heavy atom. The molecule has 1 aromatic carbocycles. The Labute approximate surface area is 277 Å². The van der Waals surface area contributed by atoms with E-state index >= 15 is 0 Å². The number of hydrogen-bond donors (Lipinski definition) is 4. The predicted molar refractivity (Wildman–Crippen MR) is 183 cm³/mol. The van der Waals surface area contributed by atoms with Crippen LogP contribution in [0.3, 0.4) is 0 Å². The number of carbonyl (C=O) groups is 2. The third kappa shape index (κ3) is 10.5. The topological polar surface area (TPSA) is 157 Å². The predicted octanol–water partition coefficient (Wildman–Crippen LogP) is 6.37. The molecule has 0 aromatic heterocycles. The zero-order valence-electron chi connectivity index (χ0n) is 28.2. The number of rotatable bonds is 12. The Hall–Kier alpha value is -2.00. The van der Waals surface area contributed by atoms with Crippen LogP contribution < -0.4 is 22.9 Å². The minimum absolute atomic E-state index is 0.136. The summed E-state index contributed by atoms with van der Waals surface area (Å²) in [6.45, 7) is 0. The van der Waals surface area contributed by atoms with E-state index in [0.717, 1.165) is 128 Å². The summed E-state index contributed by atoms with van der Waals surface area (Å²) in [5, 5.41) is 0. The molecule has 0 radical (unpaired) electrons. The van der Waals surface area contributed by atoms with E-state index in [1.54, 1.807) is 24.3 Å². The number of nitrogens with two attached hydrogens (primary N) is 4. The van der Waals surface area contributed by atoms with Gasteiger partial charge in [-0.15, -0.1) is 0 Å². The van der Waals surface area contributed by atoms with Gasteiger partial charge in [-0.3, -0.25) is 0 Å². The van der Waals surface area contributed by atoms with E-state index < -0.39 is 0 Å². The lowest BCUT2D eigenvalue weighted by atomic mass is 9.78. The monoisotopic (exact) mass is 638 g/mol. The Balaban J connectivity index is 1.21. The summed E-state index contributed by atoms with van der Waals surface area (Å²) in [5.74, 6) is 1.24. The molecular formula is C38H62N4O4. The molecule has 2 unspecified atom stereocenters. The number of benzene rings is 1. The molecule has 0 amide bonds. The second-order valence-electron chi connectivity index (χ2n) is 15.5. The summed E-state index contributed by atoms with van der Waals surface area (Å²) < 4.78 is 12.6. The minimum atomic E-state index is -0.353. The average Bonchev–Trinajstić information content (AvgIpc) is 3.07. The van der Waals surface area contributed by atoms with Crippen LogP contribution in [-0.2, 0) is 9.47 Å². The van der Waals surface area contributed by atoms with Gasteiger partial charge in [0.15, 0.2) is 0 Å². The van der Waals surface area contributed by atoms with Crippen molar-refractivity contribution in [2.45, 2.75) is 165 Å². The third-order valence-electron chi connectivity index (χ3n) is 12.0. The van der Waals surface area contributed by atoms with Gasteiger partial charge in [-0.2, -0.15) is 0 Å². The van der Waals surface area contributed by atoms with Crippen molar-refractivity contribution in [3.63, 3.8) is 0 Å². The second-order valence-corrected chi connectivity index (χ2v) is 15.5. The lowest BCUT2D eigenvalue weighted by Crippen LogP contribution is -2.35. The lowest BCUT2D eigenvalue weighted by Gasteiger charge is -2.34. The second kappa shape index (κ2) is 17.4. The van der Waals surface area contributed by atoms with Crippen molar-refractivity contribution >= 4 is 11.9 Å². The van der Waals surface area contributed by atoms with Crippen LogP contribution in [0.15, 0.2) is 24.3 Å². The van der Waals surface area contributed by atoms with Crippen molar-refractivity contribution in [1.29, 1.82) is 0 Å². The summed E-state index contributed by atoms with van der Waals surface area (Å²) in [6, 6.07) is 8.08. The summed E-state index contributed by atoms with van der Waals surface area (Å²) in [5.41, 5.74) is 25.5. The van der Waals surface area contributed by atoms with Gasteiger partial charge in [0.2, 0.25) is 0 Å². The van der Waals surface area contributed by atoms with E-state index in [9.17, 15) is 9.59 Å². The van der Waals surface area contributed by atoms with Crippen LogP contribution in [0, 0.1) is 23.7 Å². The summed E-state index contributed by atoms with van der Waals surface area (Å²) in [7, 11) is 0. The molecule has 2 atom stereocenters. The molecule has 0 bridgehead atoms. The number of ether oxygens (including phenoxy) is 2. The average molecular weight is 639 g/mol. The maximum absolute atomic E-state index is 13.6. The molecule has 8 heteroatoms. The van der Waals surface area contributed by atoms with Gasteiger partial charge >= 0.3 is 11.9 Å². The van der Waals surface area contributed by atoms with Crippen LogP contribution >= 0.6 is 0 Å². The van der Waals surface area contributed by atoms with Crippen molar-refractivity contribution in [2.24, 2.45) is 46.6 Å². The van der Waals surface area contributed by atoms with E-state index in [-0.39, 0.29) is 36.2 Å². The highest BCUT2D eigenvalue weighted by molar-refractivity contribution is 5.95. The van der Waals surface area contributed by atoms with Crippen LogP contribution in [0.2, 0.25) is 0 Å². The molecule has 1 aromatic rings. The summed E-state index contributed by atoms with van der Waals surface area (Å²) >= 11 is 0. The maximum atomic E-state index is 13.6. The van der Waals surface area contributed by atoms with Gasteiger partial charge in [-0.1, -0.05) is 6.07 Å². The highest BCUT2D eigenvalue weighted by atomic mass is 16.5. The molecule has 4 aliphatic rings. The van der Waals surface area contributed by atoms with Crippen molar-refractivity contribution < 1.29 is 19.1 Å². The first-order chi connectivity index (χ1) is 22.2. The first kappa shape index (κ1) is 35.3. The smallest absolute Gasteiger partial charge is 0.338 e. The van der Waals surface area contributed by atoms with Crippen molar-refractivity contribution in [3.8, 4) is 0 Å². The molecule has 8 nitrogen and oxygen atoms in total. The molecular weight excluding hydrogens is 576 g/mol. The fourth-order valence-electron chi connectivity index (χ4n) is 8.75. The van der Waals surface area contributed by atoms with Crippen LogP contribution in [-0.4, -0.2) is 48.3 Å². The fraction of sp³-hybridized carbons (Fsp3) is 0.789. The van der Waals surface area contributed by atoms with Gasteiger partial charge in [0.25, 0.3) is 0 Å². The van der Waals surface area contributed by atoms with Crippen molar-refractivity contribution in [1.82, 2.24) is 0 Å². The van der Waals surface area contributed by atoms with Gasteiger partial charge in [-0.05, 0) is 170 Å². The Morgan fingerprint density at radius 1 is 0.543 bits per heavy atom. The fourth-order valence-corrected chi connectivity index (χ4v) is 8.75. The zero-order chi connectivity index (χ0) is 32.5. The van der Waals surface area contributed by atoms with E-state index in [4.69, 9.17) is 32.4 Å². The largest absolute Gasteiger partial charge is 0.458 e. The number of hydrogen-bond acceptors (Lipinski definition) is 8. The first-order valence-corrected chi connectivity index (χ1v) is 18.8. The molecule has 0 spiro atoms. The van der Waals surface area contributed by atoms with Gasteiger partial charge in [0, 0.05) is 24.2 Å². The number of carbonyl (C=O) groups excluding carboxylic acids is 2. The number of esters is 2. The quantitative estimate of drug-likeness (QED) is 0.193. The first-order valence-electron chi connectivity index (χ1n) is 18.8. The van der Waals surface area contributed by atoms with E-state index in [1.807, 2.05) is 0 Å². The zero-order valence-corrected chi connectivity index (χ0v) is 28.2. The van der Waals surface area contributed by atoms with Gasteiger partial charge in [0.1, 0.15) is 12.2 Å². The maximum Gasteiger partial charge on any atom is 0.338 e. The highest BCUT2D eigenvalue weighted by Crippen LogP contribution is 2.36. The lowest BCUT2D eigenvalue weighted by molar-refractivity contribution is 0.00106. The SMILES string of the molecule is NC1CCC(CCC(OC(=O)c2cccc(C(=O)OC(CCC3CCC(N)CC3)C3CCC(N)CC3)c2)C2CCC(N)CC2)CC1.